The molecule has 2 saturated heterocycles. The molecule has 0 N–H and O–H groups in total. The molecule has 92 valence electrons. The highest BCUT2D eigenvalue weighted by Gasteiger charge is 2.42. The lowest BCUT2D eigenvalue weighted by Crippen LogP contribution is -2.49. The van der Waals surface area contributed by atoms with E-state index in [1.54, 1.807) is 0 Å². The number of hydrogen-bond donors (Lipinski definition) is 0. The first-order valence-corrected chi connectivity index (χ1v) is 7.41. The Kier molecular flexibility index (Phi) is 4.14. The summed E-state index contributed by atoms with van der Waals surface area (Å²) in [5, 5.41) is 0. The van der Waals surface area contributed by atoms with E-state index < -0.39 is 0 Å². The van der Waals surface area contributed by atoms with Crippen LogP contribution in [0.15, 0.2) is 0 Å². The van der Waals surface area contributed by atoms with Crippen LogP contribution in [0.25, 0.3) is 0 Å². The van der Waals surface area contributed by atoms with Crippen LogP contribution < -0.4 is 0 Å². The minimum atomic E-state index is -0.0168. The second kappa shape index (κ2) is 5.41. The lowest BCUT2D eigenvalue weighted by molar-refractivity contribution is -0.146. The first-order valence-electron chi connectivity index (χ1n) is 6.25. The Morgan fingerprint density at radius 2 is 2.19 bits per heavy atom. The molecule has 0 aromatic heterocycles. The van der Waals surface area contributed by atoms with Gasteiger partial charge >= 0.3 is 5.97 Å². The molecule has 0 radical (unpaired) electrons. The van der Waals surface area contributed by atoms with Crippen LogP contribution in [-0.2, 0) is 9.53 Å². The Labute approximate surface area is 102 Å². The molecule has 1 atom stereocenters. The van der Waals surface area contributed by atoms with Crippen LogP contribution in [0.1, 0.15) is 32.6 Å². The predicted molar refractivity (Wildman–Crippen MR) is 66.7 cm³/mol. The van der Waals surface area contributed by atoms with E-state index in [1.807, 2.05) is 18.7 Å². The molecule has 2 fully saturated rings. The van der Waals surface area contributed by atoms with Gasteiger partial charge in [0.2, 0.25) is 0 Å². The molecule has 0 aliphatic carbocycles. The van der Waals surface area contributed by atoms with Gasteiger partial charge in [-0.2, -0.15) is 11.8 Å². The van der Waals surface area contributed by atoms with Crippen LogP contribution in [-0.4, -0.2) is 47.6 Å². The van der Waals surface area contributed by atoms with Crippen molar-refractivity contribution < 1.29 is 9.53 Å². The van der Waals surface area contributed by atoms with Crippen LogP contribution in [0.3, 0.4) is 0 Å². The summed E-state index contributed by atoms with van der Waals surface area (Å²) in [6.45, 7) is 4.71. The number of likely N-dealkylation sites (tertiary alicyclic amines) is 1. The highest BCUT2D eigenvalue weighted by molar-refractivity contribution is 7.99. The SMILES string of the molecule is CCOC(=O)CC1(N2CCCC2)CCSC1. The lowest BCUT2D eigenvalue weighted by atomic mass is 9.92. The largest absolute Gasteiger partial charge is 0.466 e. The third kappa shape index (κ3) is 2.54. The van der Waals surface area contributed by atoms with Crippen LogP contribution in [0, 0.1) is 0 Å². The minimum absolute atomic E-state index is 0.0168. The highest BCUT2D eigenvalue weighted by atomic mass is 32.2. The molecule has 2 aliphatic rings. The Bertz CT molecular complexity index is 245. The van der Waals surface area contributed by atoms with E-state index in [9.17, 15) is 4.79 Å². The average molecular weight is 243 g/mol. The van der Waals surface area contributed by atoms with Crippen LogP contribution in [0.2, 0.25) is 0 Å². The van der Waals surface area contributed by atoms with Crippen molar-refractivity contribution in [1.82, 2.24) is 4.90 Å². The number of carbonyl (C=O) groups excluding carboxylic acids is 1. The van der Waals surface area contributed by atoms with Crippen molar-refractivity contribution in [2.24, 2.45) is 0 Å². The molecule has 2 rings (SSSR count). The lowest BCUT2D eigenvalue weighted by Gasteiger charge is -2.37. The van der Waals surface area contributed by atoms with Crippen LogP contribution in [0.4, 0.5) is 0 Å². The normalized spacial score (nSPS) is 30.8. The summed E-state index contributed by atoms with van der Waals surface area (Å²) in [5.41, 5.74) is 0.118. The van der Waals surface area contributed by atoms with Crippen LogP contribution >= 0.6 is 11.8 Å². The summed E-state index contributed by atoms with van der Waals surface area (Å²) in [6, 6.07) is 0. The third-order valence-corrected chi connectivity index (χ3v) is 4.87. The maximum absolute atomic E-state index is 11.7. The Morgan fingerprint density at radius 1 is 1.44 bits per heavy atom. The van der Waals surface area contributed by atoms with E-state index in [0.717, 1.165) is 12.2 Å². The highest BCUT2D eigenvalue weighted by Crippen LogP contribution is 2.38. The second-order valence-electron chi connectivity index (χ2n) is 4.70. The minimum Gasteiger partial charge on any atom is -0.466 e. The van der Waals surface area contributed by atoms with Crippen molar-refractivity contribution in [2.75, 3.05) is 31.2 Å². The molecule has 4 heteroatoms. The molecule has 0 aromatic carbocycles. The summed E-state index contributed by atoms with van der Waals surface area (Å²) >= 11 is 1.98. The molecule has 16 heavy (non-hydrogen) atoms. The molecule has 0 amide bonds. The van der Waals surface area contributed by atoms with Gasteiger partial charge in [0.15, 0.2) is 0 Å². The van der Waals surface area contributed by atoms with Crippen molar-refractivity contribution in [1.29, 1.82) is 0 Å². The Balaban J connectivity index is 2.00. The van der Waals surface area contributed by atoms with Gasteiger partial charge in [0, 0.05) is 11.3 Å². The number of hydrogen-bond acceptors (Lipinski definition) is 4. The van der Waals surface area contributed by atoms with Crippen LogP contribution in [0.5, 0.6) is 0 Å². The molecule has 0 saturated carbocycles. The first-order chi connectivity index (χ1) is 7.77. The molecule has 0 aromatic rings. The quantitative estimate of drug-likeness (QED) is 0.706. The molecule has 2 heterocycles. The van der Waals surface area contributed by atoms with E-state index in [-0.39, 0.29) is 11.5 Å². The third-order valence-electron chi connectivity index (χ3n) is 3.64. The van der Waals surface area contributed by atoms with Gasteiger partial charge in [0.25, 0.3) is 0 Å². The summed E-state index contributed by atoms with van der Waals surface area (Å²) in [7, 11) is 0. The number of carbonyl (C=O) groups is 1. The monoisotopic (exact) mass is 243 g/mol. The van der Waals surface area contributed by atoms with Gasteiger partial charge in [0.1, 0.15) is 0 Å². The molecule has 3 nitrogen and oxygen atoms in total. The van der Waals surface area contributed by atoms with Crippen molar-refractivity contribution >= 4 is 17.7 Å². The topological polar surface area (TPSA) is 29.5 Å². The molecule has 2 aliphatic heterocycles. The Hall–Kier alpha value is -0.220. The smallest absolute Gasteiger partial charge is 0.307 e. The zero-order chi connectivity index (χ0) is 11.4. The fourth-order valence-electron chi connectivity index (χ4n) is 2.77. The van der Waals surface area contributed by atoms with E-state index in [4.69, 9.17) is 4.74 Å². The molecule has 0 bridgehead atoms. The maximum Gasteiger partial charge on any atom is 0.307 e. The maximum atomic E-state index is 11.7. The zero-order valence-corrected chi connectivity index (χ0v) is 10.9. The van der Waals surface area contributed by atoms with Gasteiger partial charge in [-0.05, 0) is 45.0 Å². The van der Waals surface area contributed by atoms with E-state index in [2.05, 4.69) is 4.90 Å². The fourth-order valence-corrected chi connectivity index (χ4v) is 4.25. The number of rotatable bonds is 4. The van der Waals surface area contributed by atoms with E-state index in [1.165, 1.54) is 31.7 Å². The number of thioether (sulfide) groups is 1. The van der Waals surface area contributed by atoms with Crippen molar-refractivity contribution in [2.45, 2.75) is 38.1 Å². The predicted octanol–water partition coefficient (Wildman–Crippen LogP) is 1.91. The van der Waals surface area contributed by atoms with Crippen molar-refractivity contribution in [3.8, 4) is 0 Å². The van der Waals surface area contributed by atoms with Gasteiger partial charge in [0.05, 0.1) is 13.0 Å². The number of esters is 1. The summed E-state index contributed by atoms with van der Waals surface area (Å²) in [4.78, 5) is 14.2. The van der Waals surface area contributed by atoms with Gasteiger partial charge in [-0.25, -0.2) is 0 Å². The first kappa shape index (κ1) is 12.2. The standard InChI is InChI=1S/C12H21NO2S/c1-2-15-11(14)9-12(5-8-16-10-12)13-6-3-4-7-13/h2-10H2,1H3. The van der Waals surface area contributed by atoms with Crippen molar-refractivity contribution in [3.05, 3.63) is 0 Å². The summed E-state index contributed by atoms with van der Waals surface area (Å²) in [5.74, 6) is 2.28. The van der Waals surface area contributed by atoms with Gasteiger partial charge in [-0.1, -0.05) is 0 Å². The van der Waals surface area contributed by atoms with Gasteiger partial charge in [-0.3, -0.25) is 9.69 Å². The average Bonchev–Trinajstić information content (AvgIpc) is 2.86. The second-order valence-corrected chi connectivity index (χ2v) is 5.81. The zero-order valence-electron chi connectivity index (χ0n) is 10.0. The summed E-state index contributed by atoms with van der Waals surface area (Å²) in [6.07, 6.45) is 4.31. The number of nitrogens with zero attached hydrogens (tertiary/aromatic N) is 1. The Morgan fingerprint density at radius 3 is 2.75 bits per heavy atom. The van der Waals surface area contributed by atoms with E-state index >= 15 is 0 Å². The fraction of sp³-hybridized carbons (Fsp3) is 0.917. The molecule has 0 spiro atoms. The van der Waals surface area contributed by atoms with Gasteiger partial charge in [-0.15, -0.1) is 0 Å². The van der Waals surface area contributed by atoms with Gasteiger partial charge < -0.3 is 4.74 Å². The summed E-state index contributed by atoms with van der Waals surface area (Å²) < 4.78 is 5.11. The molecular weight excluding hydrogens is 222 g/mol. The van der Waals surface area contributed by atoms with E-state index in [0.29, 0.717) is 13.0 Å². The number of ether oxygens (including phenoxy) is 1. The molecular formula is C12H21NO2S. The van der Waals surface area contributed by atoms with Crippen molar-refractivity contribution in [3.63, 3.8) is 0 Å². The molecule has 1 unspecified atom stereocenters.